The predicted molar refractivity (Wildman–Crippen MR) is 112 cm³/mol. The quantitative estimate of drug-likeness (QED) is 0.256. The van der Waals surface area contributed by atoms with Crippen molar-refractivity contribution in [3.05, 3.63) is 60.4 Å². The van der Waals surface area contributed by atoms with Crippen molar-refractivity contribution in [1.82, 2.24) is 15.6 Å². The van der Waals surface area contributed by atoms with E-state index in [1.54, 1.807) is 7.05 Å². The Kier molecular flexibility index (Phi) is 10.6. The molecule has 1 aromatic carbocycles. The van der Waals surface area contributed by atoms with Gasteiger partial charge in [0.25, 0.3) is 0 Å². The number of benzene rings is 1. The maximum atomic E-state index is 4.31. The zero-order valence-electron chi connectivity index (χ0n) is 14.0. The summed E-state index contributed by atoms with van der Waals surface area (Å²) in [5.41, 5.74) is 2.24. The van der Waals surface area contributed by atoms with Crippen LogP contribution in [0.1, 0.15) is 12.1 Å². The topological polar surface area (TPSA) is 61.3 Å². The second kappa shape index (κ2) is 12.6. The second-order valence-corrected chi connectivity index (χ2v) is 5.14. The predicted octanol–water partition coefficient (Wildman–Crippen LogP) is 2.91. The lowest BCUT2D eigenvalue weighted by molar-refractivity contribution is 0.753. The number of hydrogen-bond donors (Lipinski definition) is 3. The number of anilines is 1. The lowest BCUT2D eigenvalue weighted by Crippen LogP contribution is -2.39. The van der Waals surface area contributed by atoms with Crippen molar-refractivity contribution >= 4 is 35.6 Å². The number of nitrogens with one attached hydrogen (secondary N) is 3. The number of guanidine groups is 1. The van der Waals surface area contributed by atoms with Crippen LogP contribution in [0.15, 0.2) is 59.7 Å². The lowest BCUT2D eigenvalue weighted by Gasteiger charge is -2.12. The molecule has 1 heterocycles. The van der Waals surface area contributed by atoms with Crippen LogP contribution in [-0.4, -0.2) is 37.6 Å². The van der Waals surface area contributed by atoms with Crippen molar-refractivity contribution in [1.29, 1.82) is 0 Å². The number of para-hydroxylation sites is 1. The molecule has 0 bridgehead atoms. The van der Waals surface area contributed by atoms with E-state index in [2.05, 4.69) is 38.1 Å². The van der Waals surface area contributed by atoms with E-state index in [1.807, 2.05) is 42.6 Å². The number of aliphatic imine (C=N–C) groups is 1. The molecule has 0 saturated heterocycles. The van der Waals surface area contributed by atoms with Crippen molar-refractivity contribution < 1.29 is 0 Å². The summed E-state index contributed by atoms with van der Waals surface area (Å²) >= 11 is 0. The van der Waals surface area contributed by atoms with E-state index in [1.165, 1.54) is 0 Å². The average molecular weight is 439 g/mol. The van der Waals surface area contributed by atoms with Crippen molar-refractivity contribution in [2.45, 2.75) is 12.8 Å². The van der Waals surface area contributed by atoms with Crippen molar-refractivity contribution in [2.75, 3.05) is 32.0 Å². The molecule has 6 heteroatoms. The minimum Gasteiger partial charge on any atom is -0.385 e. The largest absolute Gasteiger partial charge is 0.385 e. The van der Waals surface area contributed by atoms with E-state index in [9.17, 15) is 0 Å². The van der Waals surface area contributed by atoms with Crippen LogP contribution in [0.2, 0.25) is 0 Å². The molecule has 0 aliphatic rings. The van der Waals surface area contributed by atoms with Crippen LogP contribution in [0.4, 0.5) is 5.69 Å². The van der Waals surface area contributed by atoms with Gasteiger partial charge in [-0.1, -0.05) is 24.3 Å². The molecule has 5 nitrogen and oxygen atoms in total. The van der Waals surface area contributed by atoms with Gasteiger partial charge in [-0.2, -0.15) is 0 Å². The van der Waals surface area contributed by atoms with E-state index < -0.39 is 0 Å². The third-order valence-corrected chi connectivity index (χ3v) is 3.37. The molecule has 0 radical (unpaired) electrons. The third-order valence-electron chi connectivity index (χ3n) is 3.37. The van der Waals surface area contributed by atoms with Crippen LogP contribution < -0.4 is 16.0 Å². The molecule has 1 aromatic heterocycles. The Balaban J connectivity index is 0.00000288. The van der Waals surface area contributed by atoms with Gasteiger partial charge in [0, 0.05) is 50.7 Å². The van der Waals surface area contributed by atoms with Gasteiger partial charge in [-0.3, -0.25) is 9.98 Å². The number of pyridine rings is 1. The highest BCUT2D eigenvalue weighted by Crippen LogP contribution is 2.04. The maximum Gasteiger partial charge on any atom is 0.190 e. The lowest BCUT2D eigenvalue weighted by atomic mass is 10.3. The van der Waals surface area contributed by atoms with Crippen LogP contribution in [-0.2, 0) is 6.42 Å². The summed E-state index contributed by atoms with van der Waals surface area (Å²) in [6.07, 6.45) is 3.73. The number of rotatable bonds is 8. The summed E-state index contributed by atoms with van der Waals surface area (Å²) in [5, 5.41) is 10.0. The highest BCUT2D eigenvalue weighted by molar-refractivity contribution is 14.0. The zero-order valence-corrected chi connectivity index (χ0v) is 16.4. The summed E-state index contributed by atoms with van der Waals surface area (Å²) in [4.78, 5) is 8.54. The zero-order chi connectivity index (χ0) is 16.2. The van der Waals surface area contributed by atoms with Crippen molar-refractivity contribution in [3.63, 3.8) is 0 Å². The Morgan fingerprint density at radius 1 is 0.958 bits per heavy atom. The molecule has 0 aliphatic carbocycles. The summed E-state index contributed by atoms with van der Waals surface area (Å²) < 4.78 is 0. The first-order valence-electron chi connectivity index (χ1n) is 8.02. The van der Waals surface area contributed by atoms with E-state index in [-0.39, 0.29) is 24.0 Å². The van der Waals surface area contributed by atoms with Crippen LogP contribution >= 0.6 is 24.0 Å². The number of nitrogens with zero attached hydrogens (tertiary/aromatic N) is 2. The van der Waals surface area contributed by atoms with E-state index in [0.29, 0.717) is 0 Å². The molecule has 0 amide bonds. The molecule has 2 aromatic rings. The summed E-state index contributed by atoms with van der Waals surface area (Å²) in [6.45, 7) is 2.63. The van der Waals surface area contributed by atoms with E-state index in [4.69, 9.17) is 0 Å². The highest BCUT2D eigenvalue weighted by atomic mass is 127. The summed E-state index contributed by atoms with van der Waals surface area (Å²) in [7, 11) is 1.79. The highest BCUT2D eigenvalue weighted by Gasteiger charge is 1.98. The average Bonchev–Trinajstić information content (AvgIpc) is 2.61. The molecule has 24 heavy (non-hydrogen) atoms. The van der Waals surface area contributed by atoms with Gasteiger partial charge in [0.05, 0.1) is 0 Å². The fourth-order valence-electron chi connectivity index (χ4n) is 2.16. The van der Waals surface area contributed by atoms with Gasteiger partial charge in [-0.25, -0.2) is 0 Å². The Morgan fingerprint density at radius 2 is 1.71 bits per heavy atom. The normalized spacial score (nSPS) is 10.6. The fourth-order valence-corrected chi connectivity index (χ4v) is 2.16. The monoisotopic (exact) mass is 439 g/mol. The number of hydrogen-bond acceptors (Lipinski definition) is 3. The first-order chi connectivity index (χ1) is 11.4. The summed E-state index contributed by atoms with van der Waals surface area (Å²) in [5.74, 6) is 0.834. The molecule has 0 aliphatic heterocycles. The molecular formula is C18H26IN5. The molecule has 130 valence electrons. The van der Waals surface area contributed by atoms with Gasteiger partial charge < -0.3 is 16.0 Å². The number of aromatic nitrogens is 1. The van der Waals surface area contributed by atoms with Gasteiger partial charge in [0.2, 0.25) is 0 Å². The Labute approximate surface area is 161 Å². The van der Waals surface area contributed by atoms with Gasteiger partial charge in [-0.15, -0.1) is 24.0 Å². The summed E-state index contributed by atoms with van der Waals surface area (Å²) in [6, 6.07) is 16.2. The third kappa shape index (κ3) is 8.14. The Hall–Kier alpha value is -1.83. The molecule has 0 atom stereocenters. The van der Waals surface area contributed by atoms with Crippen molar-refractivity contribution in [2.24, 2.45) is 4.99 Å². The first kappa shape index (κ1) is 20.2. The van der Waals surface area contributed by atoms with Gasteiger partial charge in [0.1, 0.15) is 0 Å². The van der Waals surface area contributed by atoms with Crippen LogP contribution in [0.5, 0.6) is 0 Å². The van der Waals surface area contributed by atoms with Gasteiger partial charge >= 0.3 is 0 Å². The first-order valence-corrected chi connectivity index (χ1v) is 8.02. The minimum absolute atomic E-state index is 0. The fraction of sp³-hybridized carbons (Fsp3) is 0.333. The second-order valence-electron chi connectivity index (χ2n) is 5.14. The Morgan fingerprint density at radius 3 is 2.42 bits per heavy atom. The molecule has 0 saturated carbocycles. The van der Waals surface area contributed by atoms with E-state index >= 15 is 0 Å². The molecule has 0 spiro atoms. The smallest absolute Gasteiger partial charge is 0.190 e. The van der Waals surface area contributed by atoms with Gasteiger partial charge in [-0.05, 0) is 30.7 Å². The van der Waals surface area contributed by atoms with E-state index in [0.717, 1.165) is 49.8 Å². The van der Waals surface area contributed by atoms with Gasteiger partial charge in [0.15, 0.2) is 5.96 Å². The van der Waals surface area contributed by atoms with Crippen LogP contribution in [0.25, 0.3) is 0 Å². The van der Waals surface area contributed by atoms with Crippen LogP contribution in [0.3, 0.4) is 0 Å². The number of halogens is 1. The Bertz CT molecular complexity index is 574. The molecule has 0 unspecified atom stereocenters. The molecule has 2 rings (SSSR count). The van der Waals surface area contributed by atoms with Crippen LogP contribution in [0, 0.1) is 0 Å². The minimum atomic E-state index is 0. The standard InChI is InChI=1S/C18H25N5.HI/c1-19-18(23-15-11-17-10-5-6-12-20-17)22-14-7-13-21-16-8-3-2-4-9-16;/h2-6,8-10,12,21H,7,11,13-15H2,1H3,(H2,19,22,23);1H. The maximum absolute atomic E-state index is 4.31. The molecular weight excluding hydrogens is 413 g/mol. The molecule has 3 N–H and O–H groups in total. The SMILES string of the molecule is CN=C(NCCCNc1ccccc1)NCCc1ccccn1.I. The molecule has 0 fully saturated rings. The van der Waals surface area contributed by atoms with Crippen molar-refractivity contribution in [3.8, 4) is 0 Å².